The molecule has 1 saturated heterocycles. The summed E-state index contributed by atoms with van der Waals surface area (Å²) < 4.78 is 30.5. The van der Waals surface area contributed by atoms with Gasteiger partial charge in [0.2, 0.25) is 0 Å². The number of hydrogen-bond donors (Lipinski definition) is 1. The predicted octanol–water partition coefficient (Wildman–Crippen LogP) is 4.76. The quantitative estimate of drug-likeness (QED) is 0.272. The minimum atomic E-state index is -2.02. The second-order valence-corrected chi connectivity index (χ2v) is 13.9. The van der Waals surface area contributed by atoms with Crippen molar-refractivity contribution in [2.75, 3.05) is 13.2 Å². The van der Waals surface area contributed by atoms with Crippen molar-refractivity contribution in [3.05, 3.63) is 83.4 Å². The van der Waals surface area contributed by atoms with Crippen LogP contribution in [0.2, 0.25) is 0 Å². The van der Waals surface area contributed by atoms with Crippen LogP contribution in [0.1, 0.15) is 55.2 Å². The highest BCUT2D eigenvalue weighted by molar-refractivity contribution is 7.75. The average Bonchev–Trinajstić information content (AvgIpc) is 3.85. The Balaban J connectivity index is 0.897. The number of hydrogen-bond acceptors (Lipinski definition) is 7. The van der Waals surface area contributed by atoms with E-state index in [-0.39, 0.29) is 24.0 Å². The van der Waals surface area contributed by atoms with E-state index in [1.807, 2.05) is 24.3 Å². The van der Waals surface area contributed by atoms with Gasteiger partial charge in [0.05, 0.1) is 29.2 Å². The number of Topliss-reactive ketones (excluding diaryl/α,β-unsaturated/α-hetero) is 1. The molecule has 2 spiro atoms. The van der Waals surface area contributed by atoms with E-state index in [9.17, 15) is 14.1 Å². The van der Waals surface area contributed by atoms with Crippen LogP contribution in [-0.4, -0.2) is 50.9 Å². The maximum absolute atomic E-state index is 13.2. The van der Waals surface area contributed by atoms with Crippen LogP contribution in [0.15, 0.2) is 66.7 Å². The second kappa shape index (κ2) is 8.76. The Hall–Kier alpha value is -3.04. The molecule has 7 unspecified atom stereocenters. The Morgan fingerprint density at radius 2 is 1.81 bits per heavy atom. The Morgan fingerprint density at radius 3 is 2.60 bits per heavy atom. The molecule has 0 amide bonds. The van der Waals surface area contributed by atoms with Gasteiger partial charge in [-0.1, -0.05) is 60.7 Å². The number of rotatable bonds is 10. The lowest BCUT2D eigenvalue weighted by Gasteiger charge is -2.47. The van der Waals surface area contributed by atoms with E-state index < -0.39 is 28.5 Å². The number of fused-ring (bicyclic) bond motifs is 1. The molecule has 1 N–H and O–H groups in total. The summed E-state index contributed by atoms with van der Waals surface area (Å²) in [6, 6.07) is 22.6. The van der Waals surface area contributed by atoms with Crippen molar-refractivity contribution in [3.63, 3.8) is 0 Å². The van der Waals surface area contributed by atoms with E-state index in [1.54, 1.807) is 6.07 Å². The predicted molar refractivity (Wildman–Crippen MR) is 156 cm³/mol. The second-order valence-electron chi connectivity index (χ2n) is 13.1. The van der Waals surface area contributed by atoms with E-state index in [1.165, 1.54) is 29.5 Å². The van der Waals surface area contributed by atoms with Gasteiger partial charge in [0.1, 0.15) is 0 Å². The van der Waals surface area contributed by atoms with E-state index in [4.69, 9.17) is 13.1 Å². The summed E-state index contributed by atoms with van der Waals surface area (Å²) in [7, 11) is 0. The average molecular weight is 584 g/mol. The molecule has 4 fully saturated rings. The number of nitrogens with zero attached hydrogens (tertiary/aromatic N) is 1. The number of carbonyl (C=O) groups excluding carboxylic acids is 1. The molecule has 7 atom stereocenters. The van der Waals surface area contributed by atoms with Gasteiger partial charge in [0.25, 0.3) is 0 Å². The summed E-state index contributed by atoms with van der Waals surface area (Å²) in [6.07, 6.45) is 4.78. The molecular formula is C34H33NO6S. The van der Waals surface area contributed by atoms with Crippen molar-refractivity contribution < 1.29 is 27.2 Å². The molecule has 4 aliphatic carbocycles. The van der Waals surface area contributed by atoms with Crippen molar-refractivity contribution in [3.8, 4) is 22.6 Å². The standard InChI is InChI=1S/C34H33NO6S/c36-26-16-17-34(37)31-33(35(31)19-22-8-9-22)20-32(34)28-25(33)14-15-27(29(28)40-30(26)32)41-42(38)39-18-4-5-21-10-12-24(13-11-21)23-6-2-1-3-7-23/h1-3,6-7,10-15,22,30-31,37H,4-5,8-9,16-20H2. The summed E-state index contributed by atoms with van der Waals surface area (Å²) in [4.78, 5) is 15.7. The fourth-order valence-corrected chi connectivity index (χ4v) is 9.55. The molecule has 0 aromatic heterocycles. The van der Waals surface area contributed by atoms with Crippen LogP contribution in [0.25, 0.3) is 11.1 Å². The van der Waals surface area contributed by atoms with E-state index >= 15 is 0 Å². The van der Waals surface area contributed by atoms with Crippen LogP contribution < -0.4 is 8.92 Å². The number of aryl methyl sites for hydroxylation is 1. The maximum Gasteiger partial charge on any atom is 0.360 e. The molecule has 7 nitrogen and oxygen atoms in total. The van der Waals surface area contributed by atoms with E-state index in [0.29, 0.717) is 43.1 Å². The maximum atomic E-state index is 13.2. The minimum absolute atomic E-state index is 0.0361. The third kappa shape index (κ3) is 3.27. The van der Waals surface area contributed by atoms with Crippen LogP contribution in [0.3, 0.4) is 0 Å². The van der Waals surface area contributed by atoms with Gasteiger partial charge in [-0.2, -0.15) is 4.21 Å². The minimum Gasteiger partial charge on any atom is -0.477 e. The first-order valence-electron chi connectivity index (χ1n) is 15.2. The first kappa shape index (κ1) is 25.5. The highest BCUT2D eigenvalue weighted by atomic mass is 32.2. The summed E-state index contributed by atoms with van der Waals surface area (Å²) in [5.74, 6) is 1.53. The van der Waals surface area contributed by atoms with Gasteiger partial charge in [-0.3, -0.25) is 13.9 Å². The molecule has 2 bridgehead atoms. The molecule has 3 aromatic rings. The van der Waals surface area contributed by atoms with Gasteiger partial charge < -0.3 is 14.0 Å². The van der Waals surface area contributed by atoms with Crippen LogP contribution in [-0.2, 0) is 37.7 Å². The van der Waals surface area contributed by atoms with E-state index in [2.05, 4.69) is 41.3 Å². The Morgan fingerprint density at radius 1 is 1.02 bits per heavy atom. The Kier molecular flexibility index (Phi) is 5.31. The van der Waals surface area contributed by atoms with E-state index in [0.717, 1.165) is 24.1 Å². The SMILES string of the molecule is O=C1CCC2(O)C3N(CC4CC4)C34CC23c2c4ccc(OS(=O)OCCCc4ccc(-c5ccccc5)cc4)c2OC13. The summed E-state index contributed by atoms with van der Waals surface area (Å²) in [5, 5.41) is 12.3. The van der Waals surface area contributed by atoms with Crippen molar-refractivity contribution in [2.24, 2.45) is 5.92 Å². The molecule has 3 saturated carbocycles. The largest absolute Gasteiger partial charge is 0.477 e. The summed E-state index contributed by atoms with van der Waals surface area (Å²) >= 11 is -2.02. The molecule has 2 heterocycles. The monoisotopic (exact) mass is 583 g/mol. The molecule has 2 aliphatic heterocycles. The molecule has 9 rings (SSSR count). The van der Waals surface area contributed by atoms with Crippen LogP contribution in [0, 0.1) is 5.92 Å². The number of ketones is 1. The number of aliphatic hydroxyl groups is 1. The van der Waals surface area contributed by atoms with Crippen molar-refractivity contribution in [1.29, 1.82) is 0 Å². The molecule has 6 aliphatic rings. The third-order valence-electron chi connectivity index (χ3n) is 10.9. The summed E-state index contributed by atoms with van der Waals surface area (Å²) in [6.45, 7) is 1.28. The van der Waals surface area contributed by atoms with Gasteiger partial charge in [-0.15, -0.1) is 0 Å². The van der Waals surface area contributed by atoms with Crippen molar-refractivity contribution in [2.45, 2.75) is 73.6 Å². The van der Waals surface area contributed by atoms with Gasteiger partial charge in [0, 0.05) is 18.5 Å². The zero-order chi connectivity index (χ0) is 28.3. The van der Waals surface area contributed by atoms with Crippen LogP contribution in [0.4, 0.5) is 0 Å². The first-order valence-corrected chi connectivity index (χ1v) is 16.2. The lowest BCUT2D eigenvalue weighted by atomic mass is 9.59. The van der Waals surface area contributed by atoms with Gasteiger partial charge in [-0.25, -0.2) is 0 Å². The smallest absolute Gasteiger partial charge is 0.360 e. The fraction of sp³-hybridized carbons (Fsp3) is 0.441. The number of likely N-dealkylation sites (tertiary alicyclic amines) is 1. The Bertz CT molecular complexity index is 1640. The molecule has 216 valence electrons. The van der Waals surface area contributed by atoms with Crippen LogP contribution in [0.5, 0.6) is 11.5 Å². The zero-order valence-corrected chi connectivity index (χ0v) is 24.1. The number of carbonyl (C=O) groups is 1. The van der Waals surface area contributed by atoms with Crippen molar-refractivity contribution in [1.82, 2.24) is 4.90 Å². The number of benzene rings is 3. The topological polar surface area (TPSA) is 85.1 Å². The molecule has 3 aromatic carbocycles. The molecule has 8 heteroatoms. The first-order chi connectivity index (χ1) is 20.5. The van der Waals surface area contributed by atoms with Gasteiger partial charge in [0.15, 0.2) is 23.4 Å². The van der Waals surface area contributed by atoms with Gasteiger partial charge in [-0.05, 0) is 72.8 Å². The molecular weight excluding hydrogens is 550 g/mol. The van der Waals surface area contributed by atoms with Gasteiger partial charge >= 0.3 is 11.4 Å². The lowest BCUT2D eigenvalue weighted by molar-refractivity contribution is -0.148. The number of ether oxygens (including phenoxy) is 1. The van der Waals surface area contributed by atoms with Crippen molar-refractivity contribution >= 4 is 17.1 Å². The zero-order valence-electron chi connectivity index (χ0n) is 23.3. The Labute approximate surface area is 247 Å². The lowest BCUT2D eigenvalue weighted by Crippen LogP contribution is -2.64. The molecule has 0 radical (unpaired) electrons. The highest BCUT2D eigenvalue weighted by Gasteiger charge is 2.91. The summed E-state index contributed by atoms with van der Waals surface area (Å²) in [5.41, 5.74) is 3.66. The fourth-order valence-electron chi connectivity index (χ4n) is 8.97. The van der Waals surface area contributed by atoms with Crippen LogP contribution >= 0.6 is 0 Å². The number of piperidine rings is 1. The molecule has 42 heavy (non-hydrogen) atoms. The normalized spacial score (nSPS) is 35.0. The third-order valence-corrected chi connectivity index (χ3v) is 11.6. The highest BCUT2D eigenvalue weighted by Crippen LogP contribution is 2.82.